The van der Waals surface area contributed by atoms with E-state index in [-0.39, 0.29) is 11.6 Å². The monoisotopic (exact) mass is 387 g/mol. The maximum atomic E-state index is 12.4. The molecule has 0 radical (unpaired) electrons. The quantitative estimate of drug-likeness (QED) is 0.615. The molecule has 0 spiro atoms. The highest BCUT2D eigenvalue weighted by atomic mass is 35.5. The molecule has 0 unspecified atom stereocenters. The van der Waals surface area contributed by atoms with Crippen molar-refractivity contribution in [1.82, 2.24) is 4.98 Å². The van der Waals surface area contributed by atoms with Crippen LogP contribution in [0.1, 0.15) is 10.5 Å². The third kappa shape index (κ3) is 4.45. The van der Waals surface area contributed by atoms with Crippen molar-refractivity contribution in [3.63, 3.8) is 0 Å². The van der Waals surface area contributed by atoms with Crippen molar-refractivity contribution < 1.29 is 9.53 Å². The number of amides is 1. The van der Waals surface area contributed by atoms with Crippen LogP contribution in [0.5, 0.6) is 5.75 Å². The van der Waals surface area contributed by atoms with Crippen LogP contribution in [-0.2, 0) is 0 Å². The second-order valence-electron chi connectivity index (χ2n) is 5.37. The van der Waals surface area contributed by atoms with Crippen LogP contribution in [0, 0.1) is 0 Å². The summed E-state index contributed by atoms with van der Waals surface area (Å²) in [4.78, 5) is 16.5. The third-order valence-corrected chi connectivity index (χ3v) is 4.05. The molecule has 0 fully saturated rings. The number of methoxy groups -OCH3 is 1. The topological polar surface area (TPSA) is 63.2 Å². The predicted molar refractivity (Wildman–Crippen MR) is 105 cm³/mol. The van der Waals surface area contributed by atoms with Gasteiger partial charge in [0.2, 0.25) is 0 Å². The van der Waals surface area contributed by atoms with Gasteiger partial charge in [0.1, 0.15) is 11.4 Å². The Labute approximate surface area is 160 Å². The lowest BCUT2D eigenvalue weighted by molar-refractivity contribution is 0.102. The number of nitrogens with zero attached hydrogens (tertiary/aromatic N) is 1. The molecule has 0 saturated heterocycles. The Balaban J connectivity index is 1.75. The van der Waals surface area contributed by atoms with Gasteiger partial charge < -0.3 is 15.4 Å². The lowest BCUT2D eigenvalue weighted by Gasteiger charge is -2.10. The van der Waals surface area contributed by atoms with E-state index in [1.165, 1.54) is 0 Å². The number of aromatic nitrogens is 1. The van der Waals surface area contributed by atoms with Gasteiger partial charge in [-0.1, -0.05) is 29.3 Å². The van der Waals surface area contributed by atoms with Gasteiger partial charge in [-0.2, -0.15) is 0 Å². The first kappa shape index (κ1) is 18.0. The Hall–Kier alpha value is -2.76. The predicted octanol–water partition coefficient (Wildman–Crippen LogP) is 5.39. The van der Waals surface area contributed by atoms with Gasteiger partial charge in [0.15, 0.2) is 0 Å². The molecule has 1 heterocycles. The molecule has 132 valence electrons. The molecule has 2 N–H and O–H groups in total. The van der Waals surface area contributed by atoms with Gasteiger partial charge in [0, 0.05) is 28.3 Å². The van der Waals surface area contributed by atoms with E-state index < -0.39 is 0 Å². The number of ether oxygens (including phenoxy) is 1. The first-order valence-electron chi connectivity index (χ1n) is 7.69. The summed E-state index contributed by atoms with van der Waals surface area (Å²) in [7, 11) is 1.56. The van der Waals surface area contributed by atoms with E-state index >= 15 is 0 Å². The van der Waals surface area contributed by atoms with Gasteiger partial charge in [0.05, 0.1) is 12.1 Å². The molecule has 2 aromatic carbocycles. The molecule has 0 saturated carbocycles. The number of nitrogens with one attached hydrogen (secondary N) is 2. The van der Waals surface area contributed by atoms with E-state index in [1.54, 1.807) is 61.8 Å². The van der Waals surface area contributed by atoms with Gasteiger partial charge in [0.25, 0.3) is 5.91 Å². The molecule has 0 atom stereocenters. The van der Waals surface area contributed by atoms with Crippen LogP contribution in [0.15, 0.2) is 60.8 Å². The Morgan fingerprint density at radius 2 is 1.81 bits per heavy atom. The zero-order chi connectivity index (χ0) is 18.5. The molecule has 0 aliphatic rings. The molecule has 3 aromatic rings. The number of halogens is 2. The first-order valence-corrected chi connectivity index (χ1v) is 8.44. The number of carbonyl (C=O) groups excluding carboxylic acids is 1. The standard InChI is InChI=1S/C19H15Cl2N3O2/c1-26-18-6-5-14(10-16(18)21)23-15-7-8-22-17(11-15)19(25)24-13-4-2-3-12(20)9-13/h2-11H,1H3,(H,22,23)(H,24,25). The highest BCUT2D eigenvalue weighted by Crippen LogP contribution is 2.29. The van der Waals surface area contributed by atoms with E-state index in [2.05, 4.69) is 15.6 Å². The van der Waals surface area contributed by atoms with Crippen LogP contribution < -0.4 is 15.4 Å². The summed E-state index contributed by atoms with van der Waals surface area (Å²) in [5.41, 5.74) is 2.35. The van der Waals surface area contributed by atoms with Gasteiger partial charge in [-0.15, -0.1) is 0 Å². The molecular formula is C19H15Cl2N3O2. The van der Waals surface area contributed by atoms with Crippen molar-refractivity contribution in [2.45, 2.75) is 0 Å². The van der Waals surface area contributed by atoms with Gasteiger partial charge in [-0.25, -0.2) is 0 Å². The zero-order valence-corrected chi connectivity index (χ0v) is 15.3. The molecule has 7 heteroatoms. The van der Waals surface area contributed by atoms with Gasteiger partial charge in [-0.3, -0.25) is 9.78 Å². The third-order valence-electron chi connectivity index (χ3n) is 3.52. The number of hydrogen-bond acceptors (Lipinski definition) is 4. The summed E-state index contributed by atoms with van der Waals surface area (Å²) < 4.78 is 5.13. The van der Waals surface area contributed by atoms with E-state index in [1.807, 2.05) is 6.07 Å². The van der Waals surface area contributed by atoms with Crippen molar-refractivity contribution in [2.75, 3.05) is 17.7 Å². The van der Waals surface area contributed by atoms with E-state index in [4.69, 9.17) is 27.9 Å². The summed E-state index contributed by atoms with van der Waals surface area (Å²) in [5, 5.41) is 6.98. The average Bonchev–Trinajstić information content (AvgIpc) is 2.62. The minimum absolute atomic E-state index is 0.273. The number of rotatable bonds is 5. The molecule has 1 aromatic heterocycles. The second kappa shape index (κ2) is 8.08. The smallest absolute Gasteiger partial charge is 0.274 e. The number of pyridine rings is 1. The highest BCUT2D eigenvalue weighted by molar-refractivity contribution is 6.32. The Morgan fingerprint density at radius 3 is 2.54 bits per heavy atom. The summed E-state index contributed by atoms with van der Waals surface area (Å²) in [6.07, 6.45) is 1.56. The van der Waals surface area contributed by atoms with E-state index in [0.29, 0.717) is 27.2 Å². The first-order chi connectivity index (χ1) is 12.5. The van der Waals surface area contributed by atoms with E-state index in [9.17, 15) is 4.79 Å². The van der Waals surface area contributed by atoms with Crippen LogP contribution in [0.25, 0.3) is 0 Å². The molecule has 0 aliphatic carbocycles. The molecular weight excluding hydrogens is 373 g/mol. The van der Waals surface area contributed by atoms with Crippen molar-refractivity contribution >= 4 is 46.2 Å². The normalized spacial score (nSPS) is 10.3. The molecule has 0 aliphatic heterocycles. The van der Waals surface area contributed by atoms with Crippen LogP contribution in [0.4, 0.5) is 17.1 Å². The van der Waals surface area contributed by atoms with Crippen LogP contribution in [-0.4, -0.2) is 18.0 Å². The van der Waals surface area contributed by atoms with Crippen LogP contribution in [0.3, 0.4) is 0 Å². The van der Waals surface area contributed by atoms with Crippen molar-refractivity contribution in [1.29, 1.82) is 0 Å². The van der Waals surface area contributed by atoms with Crippen LogP contribution in [0.2, 0.25) is 10.0 Å². The summed E-state index contributed by atoms with van der Waals surface area (Å²) in [6.45, 7) is 0. The van der Waals surface area contributed by atoms with E-state index in [0.717, 1.165) is 5.69 Å². The maximum absolute atomic E-state index is 12.4. The minimum atomic E-state index is -0.330. The number of hydrogen-bond donors (Lipinski definition) is 2. The molecule has 3 rings (SSSR count). The summed E-state index contributed by atoms with van der Waals surface area (Å²) >= 11 is 12.1. The Morgan fingerprint density at radius 1 is 1.00 bits per heavy atom. The van der Waals surface area contributed by atoms with Gasteiger partial charge >= 0.3 is 0 Å². The highest BCUT2D eigenvalue weighted by Gasteiger charge is 2.09. The Bertz CT molecular complexity index is 948. The fourth-order valence-corrected chi connectivity index (χ4v) is 2.75. The fourth-order valence-electron chi connectivity index (χ4n) is 2.30. The Kier molecular flexibility index (Phi) is 5.61. The van der Waals surface area contributed by atoms with Crippen molar-refractivity contribution in [2.24, 2.45) is 0 Å². The lowest BCUT2D eigenvalue weighted by Crippen LogP contribution is -2.13. The number of anilines is 3. The maximum Gasteiger partial charge on any atom is 0.274 e. The van der Waals surface area contributed by atoms with Gasteiger partial charge in [-0.05, 0) is 48.5 Å². The van der Waals surface area contributed by atoms with Crippen LogP contribution >= 0.6 is 23.2 Å². The zero-order valence-electron chi connectivity index (χ0n) is 13.8. The minimum Gasteiger partial charge on any atom is -0.495 e. The summed E-state index contributed by atoms with van der Waals surface area (Å²) in [6, 6.07) is 15.7. The molecule has 26 heavy (non-hydrogen) atoms. The summed E-state index contributed by atoms with van der Waals surface area (Å²) in [5.74, 6) is 0.261. The number of carbonyl (C=O) groups is 1. The van der Waals surface area contributed by atoms with Crippen molar-refractivity contribution in [3.05, 3.63) is 76.5 Å². The lowest BCUT2D eigenvalue weighted by atomic mass is 10.2. The molecule has 5 nitrogen and oxygen atoms in total. The molecule has 0 bridgehead atoms. The second-order valence-corrected chi connectivity index (χ2v) is 6.21. The van der Waals surface area contributed by atoms with Crippen molar-refractivity contribution in [3.8, 4) is 5.75 Å². The fraction of sp³-hybridized carbons (Fsp3) is 0.0526. The largest absolute Gasteiger partial charge is 0.495 e. The molecule has 1 amide bonds. The average molecular weight is 388 g/mol. The number of benzene rings is 2. The SMILES string of the molecule is COc1ccc(Nc2ccnc(C(=O)Nc3cccc(Cl)c3)c2)cc1Cl.